The molecule has 118 valence electrons. The zero-order valence-corrected chi connectivity index (χ0v) is 13.0. The predicted molar refractivity (Wildman–Crippen MR) is 86.7 cm³/mol. The molecule has 0 fully saturated rings. The minimum atomic E-state index is -4.38. The third-order valence-electron chi connectivity index (χ3n) is 3.45. The van der Waals surface area contributed by atoms with E-state index in [2.05, 4.69) is 0 Å². The first kappa shape index (κ1) is 15.6. The van der Waals surface area contributed by atoms with Crippen LogP contribution in [0.4, 0.5) is 13.2 Å². The number of thiophene rings is 1. The normalized spacial score (nSPS) is 11.5. The zero-order chi connectivity index (χ0) is 16.4. The van der Waals surface area contributed by atoms with E-state index in [1.54, 1.807) is 61.7 Å². The van der Waals surface area contributed by atoms with E-state index in [4.69, 9.17) is 4.74 Å². The van der Waals surface area contributed by atoms with Gasteiger partial charge in [0.25, 0.3) is 0 Å². The smallest absolute Gasteiger partial charge is 0.417 e. The molecule has 0 saturated heterocycles. The second kappa shape index (κ2) is 6.08. The van der Waals surface area contributed by atoms with Crippen molar-refractivity contribution < 1.29 is 17.9 Å². The summed E-state index contributed by atoms with van der Waals surface area (Å²) < 4.78 is 45.2. The fourth-order valence-corrected chi connectivity index (χ4v) is 3.49. The second-order valence-corrected chi connectivity index (χ2v) is 6.00. The minimum absolute atomic E-state index is 0.240. The van der Waals surface area contributed by atoms with Crippen LogP contribution >= 0.6 is 11.3 Å². The molecule has 5 heteroatoms. The first-order valence-corrected chi connectivity index (χ1v) is 7.71. The van der Waals surface area contributed by atoms with Crippen molar-refractivity contribution in [3.05, 3.63) is 66.2 Å². The highest BCUT2D eigenvalue weighted by atomic mass is 32.1. The summed E-state index contributed by atoms with van der Waals surface area (Å²) in [5.74, 6) is 0.671. The number of hydrogen-bond donors (Lipinski definition) is 0. The molecule has 0 aliphatic heterocycles. The minimum Gasteiger partial charge on any atom is -0.497 e. The number of ether oxygens (including phenoxy) is 1. The fraction of sp³-hybridized carbons (Fsp3) is 0.111. The van der Waals surface area contributed by atoms with E-state index in [9.17, 15) is 13.2 Å². The van der Waals surface area contributed by atoms with Crippen LogP contribution in [0.3, 0.4) is 0 Å². The van der Waals surface area contributed by atoms with E-state index in [-0.39, 0.29) is 4.88 Å². The largest absolute Gasteiger partial charge is 0.497 e. The van der Waals surface area contributed by atoms with Crippen molar-refractivity contribution >= 4 is 11.3 Å². The quantitative estimate of drug-likeness (QED) is 0.561. The standard InChI is InChI=1S/C18H13F3OS/c1-22-14-9-7-12(8-10-14)16-11-15(18(19,20)21)17(23-16)13-5-3-2-4-6-13/h2-11H,1H3. The molecule has 0 amide bonds. The Kier molecular flexibility index (Phi) is 4.13. The molecular weight excluding hydrogens is 321 g/mol. The summed E-state index contributed by atoms with van der Waals surface area (Å²) in [7, 11) is 1.55. The molecule has 0 bridgehead atoms. The molecule has 3 aromatic rings. The van der Waals surface area contributed by atoms with Crippen LogP contribution in [0.15, 0.2) is 60.7 Å². The molecule has 0 aliphatic carbocycles. The van der Waals surface area contributed by atoms with Gasteiger partial charge in [0.1, 0.15) is 5.75 Å². The van der Waals surface area contributed by atoms with Crippen LogP contribution < -0.4 is 4.74 Å². The molecule has 2 aromatic carbocycles. The molecule has 1 aromatic heterocycles. The first-order chi connectivity index (χ1) is 11.0. The van der Waals surface area contributed by atoms with Crippen molar-refractivity contribution in [2.75, 3.05) is 7.11 Å². The molecule has 1 heterocycles. The summed E-state index contributed by atoms with van der Waals surface area (Å²) >= 11 is 1.15. The summed E-state index contributed by atoms with van der Waals surface area (Å²) in [5, 5.41) is 0. The van der Waals surface area contributed by atoms with Crippen molar-refractivity contribution in [3.63, 3.8) is 0 Å². The van der Waals surface area contributed by atoms with Gasteiger partial charge in [-0.15, -0.1) is 11.3 Å². The summed E-state index contributed by atoms with van der Waals surface area (Å²) in [6, 6.07) is 16.9. The van der Waals surface area contributed by atoms with Crippen LogP contribution in [0, 0.1) is 0 Å². The summed E-state index contributed by atoms with van der Waals surface area (Å²) in [6.07, 6.45) is -4.38. The Bertz CT molecular complexity index is 789. The third-order valence-corrected chi connectivity index (χ3v) is 4.68. The topological polar surface area (TPSA) is 9.23 Å². The van der Waals surface area contributed by atoms with Gasteiger partial charge in [-0.3, -0.25) is 0 Å². The third kappa shape index (κ3) is 3.24. The Morgan fingerprint density at radius 1 is 0.870 bits per heavy atom. The van der Waals surface area contributed by atoms with Crippen molar-refractivity contribution in [2.24, 2.45) is 0 Å². The molecule has 1 nitrogen and oxygen atoms in total. The molecule has 0 saturated carbocycles. The molecule has 23 heavy (non-hydrogen) atoms. The lowest BCUT2D eigenvalue weighted by atomic mass is 10.1. The molecule has 0 unspecified atom stereocenters. The number of hydrogen-bond acceptors (Lipinski definition) is 2. The molecular formula is C18H13F3OS. The van der Waals surface area contributed by atoms with E-state index in [1.165, 1.54) is 6.07 Å². The molecule has 0 aliphatic rings. The van der Waals surface area contributed by atoms with Gasteiger partial charge in [0.05, 0.1) is 12.7 Å². The van der Waals surface area contributed by atoms with Gasteiger partial charge in [0, 0.05) is 9.75 Å². The molecule has 0 N–H and O–H groups in total. The average molecular weight is 334 g/mol. The Morgan fingerprint density at radius 2 is 1.52 bits per heavy atom. The predicted octanol–water partition coefficient (Wildman–Crippen LogP) is 6.11. The summed E-state index contributed by atoms with van der Waals surface area (Å²) in [4.78, 5) is 0.822. The van der Waals surface area contributed by atoms with Crippen molar-refractivity contribution in [1.82, 2.24) is 0 Å². The fourth-order valence-electron chi connectivity index (χ4n) is 2.30. The van der Waals surface area contributed by atoms with Gasteiger partial charge in [0.15, 0.2) is 0 Å². The number of benzene rings is 2. The lowest BCUT2D eigenvalue weighted by Gasteiger charge is -2.07. The highest BCUT2D eigenvalue weighted by molar-refractivity contribution is 7.19. The van der Waals surface area contributed by atoms with Crippen molar-refractivity contribution in [1.29, 1.82) is 0 Å². The molecule has 0 spiro atoms. The van der Waals surface area contributed by atoms with Gasteiger partial charge in [0.2, 0.25) is 0 Å². The van der Waals surface area contributed by atoms with Gasteiger partial charge in [-0.25, -0.2) is 0 Å². The zero-order valence-electron chi connectivity index (χ0n) is 12.2. The first-order valence-electron chi connectivity index (χ1n) is 6.90. The van der Waals surface area contributed by atoms with Gasteiger partial charge in [-0.1, -0.05) is 30.3 Å². The average Bonchev–Trinajstić information content (AvgIpc) is 3.01. The van der Waals surface area contributed by atoms with Crippen LogP contribution in [0.5, 0.6) is 5.75 Å². The highest BCUT2D eigenvalue weighted by Crippen LogP contribution is 2.45. The second-order valence-electron chi connectivity index (χ2n) is 4.95. The Balaban J connectivity index is 2.11. The molecule has 0 atom stereocenters. The number of halogens is 3. The molecule has 3 rings (SSSR count). The summed E-state index contributed by atoms with van der Waals surface area (Å²) in [5.41, 5.74) is 0.715. The molecule has 0 radical (unpaired) electrons. The van der Waals surface area contributed by atoms with Crippen LogP contribution in [-0.2, 0) is 6.18 Å². The maximum absolute atomic E-state index is 13.4. The number of methoxy groups -OCH3 is 1. The van der Waals surface area contributed by atoms with E-state index in [0.717, 1.165) is 16.9 Å². The van der Waals surface area contributed by atoms with Gasteiger partial charge < -0.3 is 4.74 Å². The maximum Gasteiger partial charge on any atom is 0.417 e. The van der Waals surface area contributed by atoms with Gasteiger partial charge in [-0.05, 0) is 41.5 Å². The Morgan fingerprint density at radius 3 is 2.09 bits per heavy atom. The summed E-state index contributed by atoms with van der Waals surface area (Å²) in [6.45, 7) is 0. The van der Waals surface area contributed by atoms with Gasteiger partial charge in [-0.2, -0.15) is 13.2 Å². The van der Waals surface area contributed by atoms with Crippen LogP contribution in [0.2, 0.25) is 0 Å². The lowest BCUT2D eigenvalue weighted by Crippen LogP contribution is -2.04. The van der Waals surface area contributed by atoms with Crippen LogP contribution in [0.25, 0.3) is 20.9 Å². The van der Waals surface area contributed by atoms with Crippen LogP contribution in [-0.4, -0.2) is 7.11 Å². The monoisotopic (exact) mass is 334 g/mol. The van der Waals surface area contributed by atoms with Crippen LogP contribution in [0.1, 0.15) is 5.56 Å². The number of rotatable bonds is 3. The van der Waals surface area contributed by atoms with E-state index in [1.807, 2.05) is 0 Å². The number of alkyl halides is 3. The lowest BCUT2D eigenvalue weighted by molar-refractivity contribution is -0.136. The van der Waals surface area contributed by atoms with Crippen molar-refractivity contribution in [2.45, 2.75) is 6.18 Å². The highest BCUT2D eigenvalue weighted by Gasteiger charge is 2.35. The Labute approximate surface area is 136 Å². The van der Waals surface area contributed by atoms with E-state index < -0.39 is 11.7 Å². The SMILES string of the molecule is COc1ccc(-c2cc(C(F)(F)F)c(-c3ccccc3)s2)cc1. The van der Waals surface area contributed by atoms with Crippen molar-refractivity contribution in [3.8, 4) is 26.6 Å². The van der Waals surface area contributed by atoms with Gasteiger partial charge >= 0.3 is 6.18 Å². The van der Waals surface area contributed by atoms with E-state index >= 15 is 0 Å². The Hall–Kier alpha value is -2.27. The van der Waals surface area contributed by atoms with E-state index in [0.29, 0.717) is 16.2 Å². The maximum atomic E-state index is 13.4.